The summed E-state index contributed by atoms with van der Waals surface area (Å²) in [5, 5.41) is 10.5. The molecule has 2 rings (SSSR count). The average molecular weight is 337 g/mol. The maximum Gasteiger partial charge on any atom is 0.122 e. The number of rotatable bonds is 4. The Morgan fingerprint density at radius 3 is 1.95 bits per heavy atom. The Morgan fingerprint density at radius 1 is 0.900 bits per heavy atom. The fourth-order valence-electron chi connectivity index (χ4n) is 2.10. The first-order valence-corrected chi connectivity index (χ1v) is 7.01. The first kappa shape index (κ1) is 14.9. The lowest BCUT2D eigenvalue weighted by molar-refractivity contribution is 0.219. The Balaban J connectivity index is 2.43. The summed E-state index contributed by atoms with van der Waals surface area (Å²) >= 11 is 3.45. The zero-order chi connectivity index (χ0) is 14.7. The third kappa shape index (κ3) is 3.32. The number of methoxy groups -OCH3 is 2. The molecule has 0 aliphatic carbocycles. The molecule has 0 fully saturated rings. The van der Waals surface area contributed by atoms with Crippen LogP contribution < -0.4 is 9.47 Å². The van der Waals surface area contributed by atoms with Crippen molar-refractivity contribution in [3.05, 3.63) is 57.6 Å². The van der Waals surface area contributed by atoms with E-state index in [0.717, 1.165) is 21.2 Å². The molecule has 0 spiro atoms. The molecule has 4 heteroatoms. The predicted octanol–water partition coefficient (Wildman–Crippen LogP) is 3.86. The van der Waals surface area contributed by atoms with E-state index in [9.17, 15) is 5.11 Å². The second-order valence-corrected chi connectivity index (χ2v) is 5.53. The molecule has 3 nitrogen and oxygen atoms in total. The van der Waals surface area contributed by atoms with Crippen LogP contribution in [0, 0.1) is 6.92 Å². The van der Waals surface area contributed by atoms with Crippen molar-refractivity contribution in [2.45, 2.75) is 13.0 Å². The van der Waals surface area contributed by atoms with Crippen molar-refractivity contribution in [3.63, 3.8) is 0 Å². The van der Waals surface area contributed by atoms with E-state index in [0.29, 0.717) is 11.5 Å². The number of hydrogen-bond acceptors (Lipinski definition) is 3. The number of benzene rings is 2. The third-order valence-corrected chi connectivity index (χ3v) is 3.53. The highest BCUT2D eigenvalue weighted by molar-refractivity contribution is 9.10. The molecule has 2 aromatic carbocycles. The van der Waals surface area contributed by atoms with Crippen LogP contribution in [0.2, 0.25) is 0 Å². The number of aryl methyl sites for hydroxylation is 1. The van der Waals surface area contributed by atoms with Gasteiger partial charge in [0.05, 0.1) is 14.2 Å². The van der Waals surface area contributed by atoms with Gasteiger partial charge in [-0.2, -0.15) is 0 Å². The third-order valence-electron chi connectivity index (χ3n) is 3.07. The molecule has 0 aliphatic heterocycles. The molecule has 20 heavy (non-hydrogen) atoms. The Morgan fingerprint density at radius 2 is 1.45 bits per heavy atom. The Bertz CT molecular complexity index is 568. The van der Waals surface area contributed by atoms with Crippen LogP contribution in [0.3, 0.4) is 0 Å². The predicted molar refractivity (Wildman–Crippen MR) is 82.5 cm³/mol. The quantitative estimate of drug-likeness (QED) is 0.921. The number of ether oxygens (including phenoxy) is 2. The lowest BCUT2D eigenvalue weighted by atomic mass is 9.99. The van der Waals surface area contributed by atoms with Crippen LogP contribution in [0.1, 0.15) is 22.8 Å². The molecule has 0 saturated carbocycles. The van der Waals surface area contributed by atoms with E-state index in [4.69, 9.17) is 9.47 Å². The summed E-state index contributed by atoms with van der Waals surface area (Å²) in [6, 6.07) is 11.3. The number of hydrogen-bond donors (Lipinski definition) is 1. The van der Waals surface area contributed by atoms with Gasteiger partial charge in [-0.25, -0.2) is 0 Å². The second kappa shape index (κ2) is 6.29. The monoisotopic (exact) mass is 336 g/mol. The summed E-state index contributed by atoms with van der Waals surface area (Å²) in [6.07, 6.45) is -0.727. The number of halogens is 1. The fourth-order valence-corrected chi connectivity index (χ4v) is 2.73. The summed E-state index contributed by atoms with van der Waals surface area (Å²) in [5.74, 6) is 1.32. The van der Waals surface area contributed by atoms with Gasteiger partial charge in [-0.15, -0.1) is 0 Å². The standard InChI is InChI=1S/C16H17BrO3/c1-10-4-11(6-13(17)5-10)16(18)12-7-14(19-2)9-15(8-12)20-3/h4-9,16,18H,1-3H3. The lowest BCUT2D eigenvalue weighted by Gasteiger charge is -2.15. The Labute approximate surface area is 127 Å². The fraction of sp³-hybridized carbons (Fsp3) is 0.250. The van der Waals surface area contributed by atoms with Gasteiger partial charge >= 0.3 is 0 Å². The molecular formula is C16H17BrO3. The van der Waals surface area contributed by atoms with Gasteiger partial charge in [0.15, 0.2) is 0 Å². The largest absolute Gasteiger partial charge is 0.497 e. The van der Waals surface area contributed by atoms with E-state index < -0.39 is 6.10 Å². The first-order chi connectivity index (χ1) is 9.53. The zero-order valence-corrected chi connectivity index (χ0v) is 13.3. The highest BCUT2D eigenvalue weighted by Crippen LogP contribution is 2.31. The van der Waals surface area contributed by atoms with Crippen molar-refractivity contribution in [2.75, 3.05) is 14.2 Å². The van der Waals surface area contributed by atoms with Gasteiger partial charge in [0.1, 0.15) is 17.6 Å². The smallest absolute Gasteiger partial charge is 0.122 e. The van der Waals surface area contributed by atoms with E-state index in [1.165, 1.54) is 0 Å². The van der Waals surface area contributed by atoms with E-state index in [2.05, 4.69) is 15.9 Å². The minimum Gasteiger partial charge on any atom is -0.497 e. The molecule has 0 amide bonds. The van der Waals surface area contributed by atoms with Crippen molar-refractivity contribution in [3.8, 4) is 11.5 Å². The van der Waals surface area contributed by atoms with E-state index in [1.54, 1.807) is 20.3 Å². The minimum atomic E-state index is -0.727. The first-order valence-electron chi connectivity index (χ1n) is 6.21. The molecule has 0 radical (unpaired) electrons. The number of aliphatic hydroxyl groups excluding tert-OH is 1. The van der Waals surface area contributed by atoms with Crippen molar-refractivity contribution >= 4 is 15.9 Å². The molecule has 1 N–H and O–H groups in total. The summed E-state index contributed by atoms with van der Waals surface area (Å²) in [5.41, 5.74) is 2.65. The van der Waals surface area contributed by atoms with E-state index in [-0.39, 0.29) is 0 Å². The topological polar surface area (TPSA) is 38.7 Å². The van der Waals surface area contributed by atoms with Gasteiger partial charge < -0.3 is 14.6 Å². The molecule has 0 aliphatic rings. The highest BCUT2D eigenvalue weighted by atomic mass is 79.9. The minimum absolute atomic E-state index is 0.658. The van der Waals surface area contributed by atoms with Gasteiger partial charge in [-0.05, 0) is 47.9 Å². The van der Waals surface area contributed by atoms with Gasteiger partial charge in [0.2, 0.25) is 0 Å². The van der Waals surface area contributed by atoms with Gasteiger partial charge in [-0.1, -0.05) is 22.0 Å². The van der Waals surface area contributed by atoms with Crippen molar-refractivity contribution in [1.82, 2.24) is 0 Å². The van der Waals surface area contributed by atoms with Crippen LogP contribution in [0.15, 0.2) is 40.9 Å². The van der Waals surface area contributed by atoms with Crippen LogP contribution in [0.4, 0.5) is 0 Å². The summed E-state index contributed by atoms with van der Waals surface area (Å²) in [4.78, 5) is 0. The van der Waals surface area contributed by atoms with E-state index >= 15 is 0 Å². The van der Waals surface area contributed by atoms with Crippen molar-refractivity contribution in [1.29, 1.82) is 0 Å². The zero-order valence-electron chi connectivity index (χ0n) is 11.7. The molecule has 0 bridgehead atoms. The maximum atomic E-state index is 10.5. The van der Waals surface area contributed by atoms with Crippen LogP contribution in [0.25, 0.3) is 0 Å². The normalized spacial score (nSPS) is 12.1. The van der Waals surface area contributed by atoms with Crippen LogP contribution >= 0.6 is 15.9 Å². The molecule has 1 unspecified atom stereocenters. The van der Waals surface area contributed by atoms with Crippen molar-refractivity contribution < 1.29 is 14.6 Å². The van der Waals surface area contributed by atoms with Crippen LogP contribution in [0.5, 0.6) is 11.5 Å². The van der Waals surface area contributed by atoms with Crippen molar-refractivity contribution in [2.24, 2.45) is 0 Å². The summed E-state index contributed by atoms with van der Waals surface area (Å²) < 4.78 is 11.4. The van der Waals surface area contributed by atoms with Gasteiger partial charge in [0, 0.05) is 10.5 Å². The molecule has 0 heterocycles. The Hall–Kier alpha value is -1.52. The molecule has 0 aromatic heterocycles. The van der Waals surface area contributed by atoms with Gasteiger partial charge in [-0.3, -0.25) is 0 Å². The molecule has 0 saturated heterocycles. The Kier molecular flexibility index (Phi) is 4.68. The molecule has 1 atom stereocenters. The van der Waals surface area contributed by atoms with E-state index in [1.807, 2.05) is 37.3 Å². The van der Waals surface area contributed by atoms with Crippen LogP contribution in [-0.2, 0) is 0 Å². The summed E-state index contributed by atoms with van der Waals surface area (Å²) in [6.45, 7) is 1.99. The second-order valence-electron chi connectivity index (χ2n) is 4.61. The molecular weight excluding hydrogens is 320 g/mol. The molecule has 2 aromatic rings. The molecule has 106 valence electrons. The summed E-state index contributed by atoms with van der Waals surface area (Å²) in [7, 11) is 3.18. The SMILES string of the molecule is COc1cc(OC)cc(C(O)c2cc(C)cc(Br)c2)c1. The maximum absolute atomic E-state index is 10.5. The highest BCUT2D eigenvalue weighted by Gasteiger charge is 2.14. The lowest BCUT2D eigenvalue weighted by Crippen LogP contribution is -2.01. The van der Waals surface area contributed by atoms with Gasteiger partial charge in [0.25, 0.3) is 0 Å². The average Bonchev–Trinajstić information content (AvgIpc) is 2.44. The van der Waals surface area contributed by atoms with Crippen LogP contribution in [-0.4, -0.2) is 19.3 Å². The number of aliphatic hydroxyl groups is 1.